The van der Waals surface area contributed by atoms with Crippen LogP contribution in [0.2, 0.25) is 0 Å². The second-order valence-corrected chi connectivity index (χ2v) is 9.05. The molecule has 0 saturated heterocycles. The first kappa shape index (κ1) is 16.2. The van der Waals surface area contributed by atoms with E-state index < -0.39 is 5.60 Å². The van der Waals surface area contributed by atoms with Crippen molar-refractivity contribution in [3.8, 4) is 12.3 Å². The van der Waals surface area contributed by atoms with E-state index in [4.69, 9.17) is 6.42 Å². The SMILES string of the molecule is C#C[C@@]1(O)[C@@H](C)C[C@H]2[C@@H]3CCC4=CC(=O)CC[C@]4(C)C3=CC[C@@]21C. The van der Waals surface area contributed by atoms with Gasteiger partial charge in [0.2, 0.25) is 0 Å². The first-order valence-electron chi connectivity index (χ1n) is 9.41. The number of carbonyl (C=O) groups excluding carboxylic acids is 1. The van der Waals surface area contributed by atoms with Gasteiger partial charge in [0.25, 0.3) is 0 Å². The smallest absolute Gasteiger partial charge is 0.155 e. The average Bonchev–Trinajstić information content (AvgIpc) is 2.76. The van der Waals surface area contributed by atoms with E-state index in [0.29, 0.717) is 24.0 Å². The summed E-state index contributed by atoms with van der Waals surface area (Å²) in [6.45, 7) is 6.64. The highest BCUT2D eigenvalue weighted by molar-refractivity contribution is 5.92. The molecule has 0 aromatic rings. The van der Waals surface area contributed by atoms with Crippen molar-refractivity contribution in [3.05, 3.63) is 23.3 Å². The summed E-state index contributed by atoms with van der Waals surface area (Å²) < 4.78 is 0. The third-order valence-electron chi connectivity index (χ3n) is 8.14. The van der Waals surface area contributed by atoms with Crippen LogP contribution < -0.4 is 0 Å². The maximum absolute atomic E-state index is 11.9. The number of ketones is 1. The topological polar surface area (TPSA) is 37.3 Å². The van der Waals surface area contributed by atoms with Crippen LogP contribution in [0.3, 0.4) is 0 Å². The van der Waals surface area contributed by atoms with E-state index in [0.717, 1.165) is 32.1 Å². The highest BCUT2D eigenvalue weighted by Gasteiger charge is 2.64. The molecule has 0 aromatic heterocycles. The second kappa shape index (κ2) is 4.85. The van der Waals surface area contributed by atoms with Crippen molar-refractivity contribution >= 4 is 5.78 Å². The number of fused-ring (bicyclic) bond motifs is 5. The van der Waals surface area contributed by atoms with Crippen molar-refractivity contribution < 1.29 is 9.90 Å². The Kier molecular flexibility index (Phi) is 3.27. The lowest BCUT2D eigenvalue weighted by Crippen LogP contribution is -2.51. The molecule has 0 bridgehead atoms. The van der Waals surface area contributed by atoms with Gasteiger partial charge in [0, 0.05) is 17.3 Å². The second-order valence-electron chi connectivity index (χ2n) is 9.05. The molecule has 0 radical (unpaired) electrons. The van der Waals surface area contributed by atoms with Crippen molar-refractivity contribution in [3.63, 3.8) is 0 Å². The summed E-state index contributed by atoms with van der Waals surface area (Å²) in [6, 6.07) is 0. The van der Waals surface area contributed by atoms with Crippen LogP contribution in [-0.2, 0) is 4.79 Å². The van der Waals surface area contributed by atoms with Crippen LogP contribution in [0.5, 0.6) is 0 Å². The van der Waals surface area contributed by atoms with Crippen LogP contribution in [0.25, 0.3) is 0 Å². The number of rotatable bonds is 0. The van der Waals surface area contributed by atoms with Gasteiger partial charge in [-0.05, 0) is 55.9 Å². The van der Waals surface area contributed by atoms with Gasteiger partial charge in [-0.1, -0.05) is 43.9 Å². The molecule has 0 unspecified atom stereocenters. The fraction of sp³-hybridized carbons (Fsp3) is 0.682. The molecule has 0 amide bonds. The number of allylic oxidation sites excluding steroid dienone is 4. The Balaban J connectivity index is 1.79. The maximum atomic E-state index is 11.9. The van der Waals surface area contributed by atoms with Gasteiger partial charge in [-0.25, -0.2) is 0 Å². The van der Waals surface area contributed by atoms with E-state index in [1.807, 2.05) is 6.08 Å². The summed E-state index contributed by atoms with van der Waals surface area (Å²) in [7, 11) is 0. The molecule has 1 N–H and O–H groups in total. The molecule has 0 aromatic carbocycles. The first-order chi connectivity index (χ1) is 11.3. The average molecular weight is 324 g/mol. The number of hydrogen-bond acceptors (Lipinski definition) is 2. The summed E-state index contributed by atoms with van der Waals surface area (Å²) in [5, 5.41) is 11.2. The highest BCUT2D eigenvalue weighted by Crippen LogP contribution is 2.66. The first-order valence-corrected chi connectivity index (χ1v) is 9.41. The predicted molar refractivity (Wildman–Crippen MR) is 95.0 cm³/mol. The minimum Gasteiger partial charge on any atom is -0.377 e. The lowest BCUT2D eigenvalue weighted by atomic mass is 9.51. The van der Waals surface area contributed by atoms with Crippen LogP contribution in [0.15, 0.2) is 23.3 Å². The molecule has 128 valence electrons. The summed E-state index contributed by atoms with van der Waals surface area (Å²) in [4.78, 5) is 11.9. The summed E-state index contributed by atoms with van der Waals surface area (Å²) >= 11 is 0. The molecule has 4 rings (SSSR count). The van der Waals surface area contributed by atoms with E-state index in [-0.39, 0.29) is 16.7 Å². The predicted octanol–water partition coefficient (Wildman–Crippen LogP) is 4.05. The minimum absolute atomic E-state index is 0.0538. The third-order valence-corrected chi connectivity index (χ3v) is 8.14. The quantitative estimate of drug-likeness (QED) is 0.539. The summed E-state index contributed by atoms with van der Waals surface area (Å²) in [5.74, 6) is 4.15. The molecule has 2 fully saturated rings. The fourth-order valence-corrected chi connectivity index (χ4v) is 6.51. The van der Waals surface area contributed by atoms with Crippen molar-refractivity contribution in [2.45, 2.75) is 64.9 Å². The van der Waals surface area contributed by atoms with Gasteiger partial charge in [-0.2, -0.15) is 0 Å². The lowest BCUT2D eigenvalue weighted by molar-refractivity contribution is -0.115. The zero-order chi connectivity index (χ0) is 17.3. The number of terminal acetylenes is 1. The molecule has 2 nitrogen and oxygen atoms in total. The van der Waals surface area contributed by atoms with Crippen LogP contribution in [0.1, 0.15) is 59.3 Å². The zero-order valence-corrected chi connectivity index (χ0v) is 15.1. The zero-order valence-electron chi connectivity index (χ0n) is 15.1. The Bertz CT molecular complexity index is 708. The standard InChI is InChI=1S/C22H28O2/c1-5-22(24)14(2)12-19-17-7-6-15-13-16(23)8-10-20(15,3)18(17)9-11-21(19,22)4/h1,9,13-14,17,19,24H,6-8,10-12H2,2-4H3/t14-,17+,19-,20-,21-,22+/m0/s1. The molecule has 2 heteroatoms. The molecule has 24 heavy (non-hydrogen) atoms. The number of carbonyl (C=O) groups is 1. The van der Waals surface area contributed by atoms with Crippen LogP contribution in [0, 0.1) is 40.9 Å². The Morgan fingerprint density at radius 1 is 1.33 bits per heavy atom. The largest absolute Gasteiger partial charge is 0.377 e. The van der Waals surface area contributed by atoms with Gasteiger partial charge in [-0.3, -0.25) is 4.79 Å². The molecule has 6 atom stereocenters. The van der Waals surface area contributed by atoms with E-state index in [1.165, 1.54) is 11.1 Å². The van der Waals surface area contributed by atoms with E-state index in [2.05, 4.69) is 32.8 Å². The van der Waals surface area contributed by atoms with Gasteiger partial charge in [-0.15, -0.1) is 6.42 Å². The Hall–Kier alpha value is -1.33. The molecule has 0 aliphatic heterocycles. The summed E-state index contributed by atoms with van der Waals surface area (Å²) in [5.41, 5.74) is 1.70. The Morgan fingerprint density at radius 3 is 2.79 bits per heavy atom. The van der Waals surface area contributed by atoms with Gasteiger partial charge >= 0.3 is 0 Å². The third kappa shape index (κ3) is 1.75. The minimum atomic E-state index is -1.00. The van der Waals surface area contributed by atoms with Gasteiger partial charge in [0.1, 0.15) is 5.60 Å². The van der Waals surface area contributed by atoms with Crippen LogP contribution in [-0.4, -0.2) is 16.5 Å². The molecule has 4 aliphatic rings. The monoisotopic (exact) mass is 324 g/mol. The van der Waals surface area contributed by atoms with Crippen molar-refractivity contribution in [1.29, 1.82) is 0 Å². The Labute approximate surface area is 145 Å². The fourth-order valence-electron chi connectivity index (χ4n) is 6.51. The van der Waals surface area contributed by atoms with Crippen LogP contribution in [0.4, 0.5) is 0 Å². The van der Waals surface area contributed by atoms with E-state index in [1.54, 1.807) is 0 Å². The van der Waals surface area contributed by atoms with Crippen molar-refractivity contribution in [2.24, 2.45) is 28.6 Å². The Morgan fingerprint density at radius 2 is 2.08 bits per heavy atom. The maximum Gasteiger partial charge on any atom is 0.155 e. The molecular formula is C22H28O2. The molecule has 0 spiro atoms. The van der Waals surface area contributed by atoms with E-state index >= 15 is 0 Å². The molecule has 0 heterocycles. The van der Waals surface area contributed by atoms with Crippen molar-refractivity contribution in [2.75, 3.05) is 0 Å². The van der Waals surface area contributed by atoms with E-state index in [9.17, 15) is 9.90 Å². The van der Waals surface area contributed by atoms with Crippen LogP contribution >= 0.6 is 0 Å². The van der Waals surface area contributed by atoms with Gasteiger partial charge < -0.3 is 5.11 Å². The van der Waals surface area contributed by atoms with Gasteiger partial charge in [0.05, 0.1) is 0 Å². The van der Waals surface area contributed by atoms with Gasteiger partial charge in [0.15, 0.2) is 5.78 Å². The highest BCUT2D eigenvalue weighted by atomic mass is 16.3. The molecule has 4 aliphatic carbocycles. The number of aliphatic hydroxyl groups is 1. The number of hydrogen-bond donors (Lipinski definition) is 1. The normalized spacial score (nSPS) is 50.1. The lowest BCUT2D eigenvalue weighted by Gasteiger charge is -2.54. The summed E-state index contributed by atoms with van der Waals surface area (Å²) in [6.07, 6.45) is 15.7. The molecule has 2 saturated carbocycles. The molecular weight excluding hydrogens is 296 g/mol. The van der Waals surface area contributed by atoms with Crippen molar-refractivity contribution in [1.82, 2.24) is 0 Å².